The van der Waals surface area contributed by atoms with E-state index in [1.807, 2.05) is 12.1 Å². The summed E-state index contributed by atoms with van der Waals surface area (Å²) in [5, 5.41) is 5.49. The quantitative estimate of drug-likeness (QED) is 0.908. The Morgan fingerprint density at radius 1 is 1.22 bits per heavy atom. The van der Waals surface area contributed by atoms with Crippen LogP contribution in [0, 0.1) is 0 Å². The number of nitrogens with zero attached hydrogens (tertiary/aromatic N) is 3. The van der Waals surface area contributed by atoms with E-state index in [1.54, 1.807) is 18.6 Å². The highest BCUT2D eigenvalue weighted by Gasteiger charge is 2.02. The van der Waals surface area contributed by atoms with E-state index < -0.39 is 0 Å². The molecule has 94 valence electrons. The summed E-state index contributed by atoms with van der Waals surface area (Å²) in [6.45, 7) is 3.00. The summed E-state index contributed by atoms with van der Waals surface area (Å²) in [7, 11) is 0. The van der Waals surface area contributed by atoms with Gasteiger partial charge >= 0.3 is 0 Å². The van der Waals surface area contributed by atoms with Crippen LogP contribution in [0.3, 0.4) is 0 Å². The largest absolute Gasteiger partial charge is 0.369 e. The van der Waals surface area contributed by atoms with E-state index in [2.05, 4.69) is 27.2 Å². The Morgan fingerprint density at radius 2 is 2.11 bits per heavy atom. The molecule has 0 bridgehead atoms. The van der Waals surface area contributed by atoms with Crippen LogP contribution in [-0.2, 0) is 0 Å². The summed E-state index contributed by atoms with van der Waals surface area (Å²) < 4.78 is 0. The molecule has 0 amide bonds. The van der Waals surface area contributed by atoms with Crippen molar-refractivity contribution in [2.24, 2.45) is 0 Å². The maximum atomic E-state index is 5.79. The molecule has 6 heteroatoms. The molecule has 0 unspecified atom stereocenters. The average Bonchev–Trinajstić information content (AvgIpc) is 2.40. The molecule has 0 saturated heterocycles. The molecule has 1 N–H and O–H groups in total. The number of hydrogen-bond donors (Lipinski definition) is 1. The van der Waals surface area contributed by atoms with Crippen LogP contribution in [-0.4, -0.2) is 21.5 Å². The van der Waals surface area contributed by atoms with Gasteiger partial charge in [0, 0.05) is 12.7 Å². The van der Waals surface area contributed by atoms with Crippen molar-refractivity contribution < 1.29 is 0 Å². The lowest BCUT2D eigenvalue weighted by Crippen LogP contribution is -2.02. The molecule has 2 aromatic heterocycles. The van der Waals surface area contributed by atoms with E-state index in [-0.39, 0.29) is 0 Å². The van der Waals surface area contributed by atoms with E-state index in [9.17, 15) is 0 Å². The number of pyridine rings is 1. The Morgan fingerprint density at radius 3 is 2.83 bits per heavy atom. The van der Waals surface area contributed by atoms with Gasteiger partial charge in [-0.3, -0.25) is 4.98 Å². The second kappa shape index (κ2) is 6.56. The van der Waals surface area contributed by atoms with Crippen LogP contribution < -0.4 is 5.32 Å². The van der Waals surface area contributed by atoms with Crippen LogP contribution in [0.5, 0.6) is 0 Å². The molecule has 2 heterocycles. The van der Waals surface area contributed by atoms with Gasteiger partial charge in [-0.15, -0.1) is 0 Å². The smallest absolute Gasteiger partial charge is 0.145 e. The van der Waals surface area contributed by atoms with Crippen molar-refractivity contribution in [3.8, 4) is 0 Å². The molecular formula is C12H13ClN4S. The number of rotatable bonds is 5. The molecule has 0 saturated carbocycles. The first kappa shape index (κ1) is 13.1. The van der Waals surface area contributed by atoms with Gasteiger partial charge in [0.05, 0.1) is 17.4 Å². The van der Waals surface area contributed by atoms with Crippen molar-refractivity contribution in [2.45, 2.75) is 23.4 Å². The monoisotopic (exact) mass is 280 g/mol. The number of nitrogens with one attached hydrogen (secondary N) is 1. The van der Waals surface area contributed by atoms with Crippen LogP contribution in [0.15, 0.2) is 40.8 Å². The fourth-order valence-corrected chi connectivity index (χ4v) is 2.09. The Labute approximate surface area is 115 Å². The third-order valence-corrected chi connectivity index (χ3v) is 3.16. The molecule has 18 heavy (non-hydrogen) atoms. The average molecular weight is 281 g/mol. The summed E-state index contributed by atoms with van der Waals surface area (Å²) >= 11 is 7.25. The van der Waals surface area contributed by atoms with Crippen molar-refractivity contribution in [3.05, 3.63) is 35.7 Å². The van der Waals surface area contributed by atoms with Gasteiger partial charge in [-0.05, 0) is 30.3 Å². The van der Waals surface area contributed by atoms with Gasteiger partial charge in [0.1, 0.15) is 15.9 Å². The first-order valence-corrected chi connectivity index (χ1v) is 6.82. The van der Waals surface area contributed by atoms with E-state index >= 15 is 0 Å². The Kier molecular flexibility index (Phi) is 4.78. The Hall–Kier alpha value is -1.33. The molecule has 2 aromatic rings. The van der Waals surface area contributed by atoms with Gasteiger partial charge in [-0.25, -0.2) is 9.97 Å². The summed E-state index contributed by atoms with van der Waals surface area (Å²) in [6, 6.07) is 3.67. The lowest BCUT2D eigenvalue weighted by molar-refractivity contribution is 0.947. The third kappa shape index (κ3) is 3.85. The zero-order chi connectivity index (χ0) is 12.8. The van der Waals surface area contributed by atoms with E-state index in [1.165, 1.54) is 11.8 Å². The zero-order valence-corrected chi connectivity index (χ0v) is 11.5. The number of halogens is 1. The maximum absolute atomic E-state index is 5.79. The first-order valence-electron chi connectivity index (χ1n) is 5.63. The van der Waals surface area contributed by atoms with Crippen LogP contribution in [0.1, 0.15) is 13.3 Å². The SMILES string of the molecule is CCCNc1cncc(Sc2ccc(Cl)cn2)n1. The lowest BCUT2D eigenvalue weighted by Gasteiger charge is -2.05. The third-order valence-electron chi connectivity index (χ3n) is 2.08. The predicted molar refractivity (Wildman–Crippen MR) is 74.2 cm³/mol. The second-order valence-corrected chi connectivity index (χ2v) is 5.06. The van der Waals surface area contributed by atoms with E-state index in [4.69, 9.17) is 11.6 Å². The summed E-state index contributed by atoms with van der Waals surface area (Å²) in [5.41, 5.74) is 0. The summed E-state index contributed by atoms with van der Waals surface area (Å²) in [6.07, 6.45) is 6.11. The molecule has 0 aliphatic rings. The highest BCUT2D eigenvalue weighted by Crippen LogP contribution is 2.24. The number of hydrogen-bond acceptors (Lipinski definition) is 5. The highest BCUT2D eigenvalue weighted by molar-refractivity contribution is 7.99. The van der Waals surface area contributed by atoms with Gasteiger partial charge in [-0.2, -0.15) is 0 Å². The van der Waals surface area contributed by atoms with Gasteiger partial charge in [0.15, 0.2) is 0 Å². The lowest BCUT2D eigenvalue weighted by atomic mass is 10.5. The maximum Gasteiger partial charge on any atom is 0.145 e. The van der Waals surface area contributed by atoms with Crippen molar-refractivity contribution in [1.29, 1.82) is 0 Å². The minimum atomic E-state index is 0.629. The van der Waals surface area contributed by atoms with Gasteiger partial charge in [0.2, 0.25) is 0 Å². The second-order valence-electron chi connectivity index (χ2n) is 3.59. The molecule has 0 aromatic carbocycles. The summed E-state index contributed by atoms with van der Waals surface area (Å²) in [5.74, 6) is 0.788. The van der Waals surface area contributed by atoms with Gasteiger partial charge in [-0.1, -0.05) is 18.5 Å². The van der Waals surface area contributed by atoms with Crippen molar-refractivity contribution >= 4 is 29.2 Å². The standard InChI is InChI=1S/C12H13ClN4S/c1-2-5-15-10-7-14-8-12(17-10)18-11-4-3-9(13)6-16-11/h3-4,6-8H,2,5H2,1H3,(H,15,17). The molecule has 0 radical (unpaired) electrons. The molecule has 0 aliphatic heterocycles. The van der Waals surface area contributed by atoms with Crippen LogP contribution in [0.2, 0.25) is 5.02 Å². The fourth-order valence-electron chi connectivity index (χ4n) is 1.27. The Bertz CT molecular complexity index is 504. The summed E-state index contributed by atoms with van der Waals surface area (Å²) in [4.78, 5) is 12.8. The number of aromatic nitrogens is 3. The van der Waals surface area contributed by atoms with E-state index in [0.717, 1.165) is 28.8 Å². The van der Waals surface area contributed by atoms with Crippen LogP contribution >= 0.6 is 23.4 Å². The van der Waals surface area contributed by atoms with Gasteiger partial charge < -0.3 is 5.32 Å². The molecular weight excluding hydrogens is 268 g/mol. The van der Waals surface area contributed by atoms with Crippen molar-refractivity contribution in [1.82, 2.24) is 15.0 Å². The first-order chi connectivity index (χ1) is 8.78. The molecule has 0 spiro atoms. The van der Waals surface area contributed by atoms with Crippen LogP contribution in [0.4, 0.5) is 5.82 Å². The Balaban J connectivity index is 2.06. The molecule has 0 atom stereocenters. The predicted octanol–water partition coefficient (Wildman–Crippen LogP) is 3.50. The minimum Gasteiger partial charge on any atom is -0.369 e. The highest BCUT2D eigenvalue weighted by atomic mass is 35.5. The molecule has 0 fully saturated rings. The van der Waals surface area contributed by atoms with Crippen LogP contribution in [0.25, 0.3) is 0 Å². The van der Waals surface area contributed by atoms with Gasteiger partial charge in [0.25, 0.3) is 0 Å². The zero-order valence-electron chi connectivity index (χ0n) is 9.93. The normalized spacial score (nSPS) is 10.3. The minimum absolute atomic E-state index is 0.629. The molecule has 4 nitrogen and oxygen atoms in total. The van der Waals surface area contributed by atoms with Crippen molar-refractivity contribution in [3.63, 3.8) is 0 Å². The topological polar surface area (TPSA) is 50.7 Å². The fraction of sp³-hybridized carbons (Fsp3) is 0.250. The van der Waals surface area contributed by atoms with E-state index in [0.29, 0.717) is 5.02 Å². The molecule has 2 rings (SSSR count). The van der Waals surface area contributed by atoms with Crippen molar-refractivity contribution in [2.75, 3.05) is 11.9 Å². The molecule has 0 aliphatic carbocycles. The number of anilines is 1.